The highest BCUT2D eigenvalue weighted by molar-refractivity contribution is 7.97. The summed E-state index contributed by atoms with van der Waals surface area (Å²) in [6, 6.07) is 2.66. The van der Waals surface area contributed by atoms with Gasteiger partial charge < -0.3 is 9.52 Å². The van der Waals surface area contributed by atoms with E-state index >= 15 is 8.78 Å². The summed E-state index contributed by atoms with van der Waals surface area (Å²) >= 11 is 1.71. The standard InChI is InChI=1S/C24H29F2N3O3S/c1-15-8-9-22(17-6-4-3-5-7-17)33-29(15)14-18-12-21(26)19(13-20(18)25)16(2)23-27-28(10-11-30)24(31)32-23/h4,6-7,12-13,15-16,22,30H,3,5,8-11,14H2,1-2H3/t15-,16?,22?/m0/s1. The Bertz CT molecular complexity index is 1110. The number of aromatic nitrogens is 2. The van der Waals surface area contributed by atoms with Crippen LogP contribution in [0.15, 0.2) is 45.1 Å². The molecule has 0 bridgehead atoms. The summed E-state index contributed by atoms with van der Waals surface area (Å²) in [4.78, 5) is 11.8. The Hall–Kier alpha value is -2.23. The van der Waals surface area contributed by atoms with Crippen molar-refractivity contribution >= 4 is 11.9 Å². The average Bonchev–Trinajstić information content (AvgIpc) is 3.18. The summed E-state index contributed by atoms with van der Waals surface area (Å²) in [5.74, 6) is -2.57. The van der Waals surface area contributed by atoms with Gasteiger partial charge in [-0.25, -0.2) is 17.9 Å². The second-order valence-corrected chi connectivity index (χ2v) is 9.87. The van der Waals surface area contributed by atoms with Crippen molar-refractivity contribution in [2.45, 2.75) is 69.8 Å². The summed E-state index contributed by atoms with van der Waals surface area (Å²) in [5, 5.41) is 13.3. The molecule has 4 rings (SSSR count). The maximum atomic E-state index is 15.1. The van der Waals surface area contributed by atoms with Crippen LogP contribution >= 0.6 is 11.9 Å². The number of halogens is 2. The molecule has 1 saturated heterocycles. The van der Waals surface area contributed by atoms with Crippen LogP contribution in [0.4, 0.5) is 8.78 Å². The molecule has 1 aromatic carbocycles. The fraction of sp³-hybridized carbons (Fsp3) is 0.500. The monoisotopic (exact) mass is 477 g/mol. The molecule has 2 aromatic rings. The van der Waals surface area contributed by atoms with E-state index in [2.05, 4.69) is 34.6 Å². The minimum atomic E-state index is -0.751. The van der Waals surface area contributed by atoms with E-state index in [-0.39, 0.29) is 30.6 Å². The van der Waals surface area contributed by atoms with Crippen LogP contribution in [0.2, 0.25) is 0 Å². The van der Waals surface area contributed by atoms with Crippen LogP contribution in [0.25, 0.3) is 0 Å². The van der Waals surface area contributed by atoms with Gasteiger partial charge in [0.15, 0.2) is 0 Å². The van der Waals surface area contributed by atoms with Crippen LogP contribution in [0, 0.1) is 11.6 Å². The van der Waals surface area contributed by atoms with Crippen LogP contribution < -0.4 is 5.76 Å². The number of rotatable bonds is 7. The first-order valence-electron chi connectivity index (χ1n) is 11.3. The predicted octanol–water partition coefficient (Wildman–Crippen LogP) is 4.54. The minimum Gasteiger partial charge on any atom is -0.394 e. The number of hydrogen-bond acceptors (Lipinski definition) is 6. The molecule has 2 aliphatic rings. The van der Waals surface area contributed by atoms with Crippen molar-refractivity contribution in [1.29, 1.82) is 0 Å². The normalized spacial score (nSPS) is 22.4. The summed E-state index contributed by atoms with van der Waals surface area (Å²) < 4.78 is 38.3. The summed E-state index contributed by atoms with van der Waals surface area (Å²) in [7, 11) is 0. The lowest BCUT2D eigenvalue weighted by Crippen LogP contribution is -2.35. The van der Waals surface area contributed by atoms with Crippen molar-refractivity contribution in [3.8, 4) is 0 Å². The molecule has 0 radical (unpaired) electrons. The quantitative estimate of drug-likeness (QED) is 0.591. The minimum absolute atomic E-state index is 0.0173. The van der Waals surface area contributed by atoms with Gasteiger partial charge in [0, 0.05) is 29.0 Å². The summed E-state index contributed by atoms with van der Waals surface area (Å²) in [5.41, 5.74) is 1.69. The van der Waals surface area contributed by atoms with E-state index in [1.54, 1.807) is 18.9 Å². The highest BCUT2D eigenvalue weighted by Gasteiger charge is 2.30. The smallest absolute Gasteiger partial charge is 0.394 e. The lowest BCUT2D eigenvalue weighted by atomic mass is 9.98. The molecule has 1 aliphatic heterocycles. The Balaban J connectivity index is 1.52. The molecule has 2 heterocycles. The molecule has 2 unspecified atom stereocenters. The van der Waals surface area contributed by atoms with Crippen molar-refractivity contribution in [3.05, 3.63) is 75.1 Å². The third-order valence-electron chi connectivity index (χ3n) is 6.26. The largest absolute Gasteiger partial charge is 0.437 e. The van der Waals surface area contributed by atoms with Gasteiger partial charge >= 0.3 is 5.76 Å². The first-order chi connectivity index (χ1) is 15.9. The van der Waals surface area contributed by atoms with Crippen LogP contribution in [-0.4, -0.2) is 37.1 Å². The number of aliphatic hydroxyl groups excluding tert-OH is 1. The molecule has 1 fully saturated rings. The maximum absolute atomic E-state index is 15.1. The molecule has 0 saturated carbocycles. The third kappa shape index (κ3) is 5.31. The number of aliphatic hydroxyl groups is 1. The lowest BCUT2D eigenvalue weighted by molar-refractivity contribution is 0.264. The molecule has 3 atom stereocenters. The van der Waals surface area contributed by atoms with E-state index in [0.29, 0.717) is 17.4 Å². The summed E-state index contributed by atoms with van der Waals surface area (Å²) in [6.07, 6.45) is 10.9. The van der Waals surface area contributed by atoms with Crippen molar-refractivity contribution in [1.82, 2.24) is 14.1 Å². The number of nitrogens with zero attached hydrogens (tertiary/aromatic N) is 3. The highest BCUT2D eigenvalue weighted by atomic mass is 32.2. The number of allylic oxidation sites excluding steroid dienone is 3. The average molecular weight is 478 g/mol. The van der Waals surface area contributed by atoms with Crippen molar-refractivity contribution in [3.63, 3.8) is 0 Å². The number of benzene rings is 1. The van der Waals surface area contributed by atoms with E-state index < -0.39 is 23.3 Å². The predicted molar refractivity (Wildman–Crippen MR) is 124 cm³/mol. The summed E-state index contributed by atoms with van der Waals surface area (Å²) in [6.45, 7) is 3.72. The number of hydrogen-bond donors (Lipinski definition) is 1. The zero-order valence-corrected chi connectivity index (χ0v) is 19.7. The Morgan fingerprint density at radius 2 is 2.09 bits per heavy atom. The van der Waals surface area contributed by atoms with Gasteiger partial charge in [-0.05, 0) is 57.2 Å². The van der Waals surface area contributed by atoms with Gasteiger partial charge in [0.2, 0.25) is 5.89 Å². The van der Waals surface area contributed by atoms with Crippen molar-refractivity contribution < 1.29 is 18.3 Å². The van der Waals surface area contributed by atoms with E-state index in [0.717, 1.165) is 30.4 Å². The molecule has 9 heteroatoms. The van der Waals surface area contributed by atoms with Gasteiger partial charge in [-0.1, -0.05) is 30.2 Å². The van der Waals surface area contributed by atoms with Crippen molar-refractivity contribution in [2.75, 3.05) is 6.61 Å². The molecule has 1 aromatic heterocycles. The van der Waals surface area contributed by atoms with Gasteiger partial charge in [0.25, 0.3) is 0 Å². The highest BCUT2D eigenvalue weighted by Crippen LogP contribution is 2.39. The fourth-order valence-electron chi connectivity index (χ4n) is 4.24. The zero-order valence-electron chi connectivity index (χ0n) is 18.8. The van der Waals surface area contributed by atoms with Crippen LogP contribution in [0.3, 0.4) is 0 Å². The molecule has 178 valence electrons. The maximum Gasteiger partial charge on any atom is 0.437 e. The second kappa shape index (κ2) is 10.4. The van der Waals surface area contributed by atoms with Gasteiger partial charge in [0.1, 0.15) is 11.6 Å². The Morgan fingerprint density at radius 1 is 1.27 bits per heavy atom. The van der Waals surface area contributed by atoms with E-state index in [1.807, 2.05) is 0 Å². The molecular weight excluding hydrogens is 448 g/mol. The Kier molecular flexibility index (Phi) is 7.51. The van der Waals surface area contributed by atoms with E-state index in [4.69, 9.17) is 9.52 Å². The first-order valence-corrected chi connectivity index (χ1v) is 12.2. The van der Waals surface area contributed by atoms with Gasteiger partial charge in [-0.3, -0.25) is 0 Å². The molecule has 1 N–H and O–H groups in total. The molecular formula is C24H29F2N3O3S. The van der Waals surface area contributed by atoms with E-state index in [9.17, 15) is 4.79 Å². The van der Waals surface area contributed by atoms with Crippen LogP contribution in [0.5, 0.6) is 0 Å². The Labute approximate surface area is 196 Å². The van der Waals surface area contributed by atoms with Crippen LogP contribution in [0.1, 0.15) is 62.5 Å². The topological polar surface area (TPSA) is 71.5 Å². The van der Waals surface area contributed by atoms with E-state index in [1.165, 1.54) is 17.7 Å². The molecule has 6 nitrogen and oxygen atoms in total. The van der Waals surface area contributed by atoms with Crippen LogP contribution in [-0.2, 0) is 13.1 Å². The van der Waals surface area contributed by atoms with Gasteiger partial charge in [-0.15, -0.1) is 5.10 Å². The second-order valence-electron chi connectivity index (χ2n) is 8.62. The SMILES string of the molecule is CC(c1nn(CCO)c(=O)o1)c1cc(F)c(CN2SC(C3=CCCC=C3)CC[C@@H]2C)cc1F. The molecule has 1 aliphatic carbocycles. The molecule has 0 amide bonds. The molecule has 0 spiro atoms. The van der Waals surface area contributed by atoms with Crippen molar-refractivity contribution in [2.24, 2.45) is 0 Å². The third-order valence-corrected chi connectivity index (χ3v) is 7.78. The first kappa shape index (κ1) is 23.9. The lowest BCUT2D eigenvalue weighted by Gasteiger charge is -2.37. The Morgan fingerprint density at radius 3 is 2.82 bits per heavy atom. The fourth-order valence-corrected chi connectivity index (χ4v) is 5.63. The van der Waals surface area contributed by atoms with Gasteiger partial charge in [-0.2, -0.15) is 4.68 Å². The zero-order chi connectivity index (χ0) is 23.5. The molecule has 33 heavy (non-hydrogen) atoms. The van der Waals surface area contributed by atoms with Gasteiger partial charge in [0.05, 0.1) is 19.1 Å².